The van der Waals surface area contributed by atoms with Gasteiger partial charge < -0.3 is 20.1 Å². The number of carboxylic acid groups (broad SMARTS) is 1. The number of ether oxygens (including phenoxy) is 1. The zero-order valence-corrected chi connectivity index (χ0v) is 19.6. The van der Waals surface area contributed by atoms with Crippen LogP contribution in [0.1, 0.15) is 30.9 Å². The van der Waals surface area contributed by atoms with Crippen molar-refractivity contribution in [3.05, 3.63) is 59.7 Å². The standard InChI is InChI=1S/C26H31N3O5/c1-26(2,24(32)29-13-11-28(12-14-29)15-23(30)31)17-27-25(33)34-16-22-20-9-5-3-7-18(20)19-8-4-6-10-21(19)22/h3-10,22H,11-17H2,1-2H3,(H,27,33)(H,30,31). The van der Waals surface area contributed by atoms with Crippen LogP contribution in [0, 0.1) is 5.41 Å². The van der Waals surface area contributed by atoms with Crippen molar-refractivity contribution in [1.82, 2.24) is 15.1 Å². The van der Waals surface area contributed by atoms with E-state index < -0.39 is 17.5 Å². The smallest absolute Gasteiger partial charge is 0.407 e. The lowest BCUT2D eigenvalue weighted by Crippen LogP contribution is -2.54. The van der Waals surface area contributed by atoms with Crippen LogP contribution < -0.4 is 5.32 Å². The minimum Gasteiger partial charge on any atom is -0.480 e. The fraction of sp³-hybridized carbons (Fsp3) is 0.423. The minimum atomic E-state index is -0.868. The van der Waals surface area contributed by atoms with Crippen molar-refractivity contribution in [2.45, 2.75) is 19.8 Å². The first-order valence-electron chi connectivity index (χ1n) is 11.6. The van der Waals surface area contributed by atoms with Gasteiger partial charge in [0.25, 0.3) is 0 Å². The van der Waals surface area contributed by atoms with Gasteiger partial charge in [-0.2, -0.15) is 0 Å². The monoisotopic (exact) mass is 465 g/mol. The number of alkyl carbamates (subject to hydrolysis) is 1. The van der Waals surface area contributed by atoms with Crippen molar-refractivity contribution < 1.29 is 24.2 Å². The number of rotatable bonds is 7. The topological polar surface area (TPSA) is 99.2 Å². The van der Waals surface area contributed by atoms with E-state index in [2.05, 4.69) is 29.6 Å². The Morgan fingerprint density at radius 1 is 0.971 bits per heavy atom. The number of fused-ring (bicyclic) bond motifs is 3. The summed E-state index contributed by atoms with van der Waals surface area (Å²) in [5.41, 5.74) is 3.83. The third kappa shape index (κ3) is 5.07. The molecule has 2 aromatic rings. The number of benzene rings is 2. The van der Waals surface area contributed by atoms with E-state index >= 15 is 0 Å². The molecule has 1 heterocycles. The Morgan fingerprint density at radius 2 is 1.53 bits per heavy atom. The molecule has 8 nitrogen and oxygen atoms in total. The predicted molar refractivity (Wildman–Crippen MR) is 128 cm³/mol. The molecule has 1 aliphatic heterocycles. The number of carbonyl (C=O) groups excluding carboxylic acids is 2. The number of piperazine rings is 1. The first-order chi connectivity index (χ1) is 16.3. The van der Waals surface area contributed by atoms with Crippen molar-refractivity contribution in [2.24, 2.45) is 5.41 Å². The zero-order valence-electron chi connectivity index (χ0n) is 19.6. The van der Waals surface area contributed by atoms with Gasteiger partial charge in [-0.3, -0.25) is 14.5 Å². The van der Waals surface area contributed by atoms with E-state index in [1.165, 1.54) is 11.1 Å². The number of hydrogen-bond donors (Lipinski definition) is 2. The Labute approximate surface area is 199 Å². The maximum atomic E-state index is 13.0. The number of hydrogen-bond acceptors (Lipinski definition) is 5. The summed E-state index contributed by atoms with van der Waals surface area (Å²) in [4.78, 5) is 39.9. The average Bonchev–Trinajstić information content (AvgIpc) is 3.15. The highest BCUT2D eigenvalue weighted by Crippen LogP contribution is 2.44. The number of nitrogens with zero attached hydrogens (tertiary/aromatic N) is 2. The van der Waals surface area contributed by atoms with Crippen LogP contribution in [0.3, 0.4) is 0 Å². The van der Waals surface area contributed by atoms with Gasteiger partial charge in [-0.15, -0.1) is 0 Å². The summed E-state index contributed by atoms with van der Waals surface area (Å²) in [6, 6.07) is 16.3. The molecule has 0 unspecified atom stereocenters. The van der Waals surface area contributed by atoms with Gasteiger partial charge in [0.2, 0.25) is 5.91 Å². The molecule has 2 N–H and O–H groups in total. The van der Waals surface area contributed by atoms with Crippen molar-refractivity contribution in [2.75, 3.05) is 45.9 Å². The largest absolute Gasteiger partial charge is 0.480 e. The second-order valence-corrected chi connectivity index (χ2v) is 9.53. The molecule has 2 aromatic carbocycles. The van der Waals surface area contributed by atoms with E-state index in [-0.39, 0.29) is 31.5 Å². The Hall–Kier alpha value is -3.39. The average molecular weight is 466 g/mol. The van der Waals surface area contributed by atoms with Crippen molar-refractivity contribution in [3.8, 4) is 11.1 Å². The lowest BCUT2D eigenvalue weighted by molar-refractivity contribution is -0.143. The Balaban J connectivity index is 1.29. The van der Waals surface area contributed by atoms with Gasteiger partial charge in [0.05, 0.1) is 12.0 Å². The fourth-order valence-electron chi connectivity index (χ4n) is 4.75. The number of carbonyl (C=O) groups is 3. The number of aliphatic carboxylic acids is 1. The van der Waals surface area contributed by atoms with Crippen LogP contribution in [0.2, 0.25) is 0 Å². The molecule has 0 aromatic heterocycles. The van der Waals surface area contributed by atoms with Crippen molar-refractivity contribution in [1.29, 1.82) is 0 Å². The molecule has 1 fully saturated rings. The third-order valence-corrected chi connectivity index (χ3v) is 6.62. The van der Waals surface area contributed by atoms with Gasteiger partial charge in [0, 0.05) is 38.6 Å². The van der Waals surface area contributed by atoms with Gasteiger partial charge in [0.1, 0.15) is 6.61 Å². The van der Waals surface area contributed by atoms with Gasteiger partial charge >= 0.3 is 12.1 Å². The first-order valence-corrected chi connectivity index (χ1v) is 11.6. The number of carboxylic acids is 1. The van der Waals surface area contributed by atoms with Crippen LogP contribution in [-0.4, -0.2) is 78.8 Å². The van der Waals surface area contributed by atoms with E-state index in [0.717, 1.165) is 11.1 Å². The Bertz CT molecular complexity index is 1030. The molecule has 1 aliphatic carbocycles. The van der Waals surface area contributed by atoms with Gasteiger partial charge in [-0.25, -0.2) is 4.79 Å². The zero-order chi connectivity index (χ0) is 24.3. The quantitative estimate of drug-likeness (QED) is 0.653. The molecule has 0 saturated carbocycles. The summed E-state index contributed by atoms with van der Waals surface area (Å²) in [5.74, 6) is -0.955. The lowest BCUT2D eigenvalue weighted by atomic mass is 9.91. The molecule has 4 rings (SSSR count). The van der Waals surface area contributed by atoms with Crippen LogP contribution in [0.15, 0.2) is 48.5 Å². The normalized spacial score (nSPS) is 16.0. The van der Waals surface area contributed by atoms with E-state index in [9.17, 15) is 14.4 Å². The molecule has 0 atom stereocenters. The van der Waals surface area contributed by atoms with Crippen LogP contribution in [-0.2, 0) is 14.3 Å². The summed E-state index contributed by atoms with van der Waals surface area (Å²) < 4.78 is 5.57. The van der Waals surface area contributed by atoms with E-state index in [1.807, 2.05) is 29.2 Å². The SMILES string of the molecule is CC(C)(CNC(=O)OCC1c2ccccc2-c2ccccc21)C(=O)N1CCN(CC(=O)O)CC1. The molecule has 0 radical (unpaired) electrons. The maximum Gasteiger partial charge on any atom is 0.407 e. The minimum absolute atomic E-state index is 0.0186. The van der Waals surface area contributed by atoms with E-state index in [4.69, 9.17) is 9.84 Å². The molecular weight excluding hydrogens is 434 g/mol. The predicted octanol–water partition coefficient (Wildman–Crippen LogP) is 2.78. The highest BCUT2D eigenvalue weighted by atomic mass is 16.5. The molecule has 0 spiro atoms. The van der Waals surface area contributed by atoms with Crippen molar-refractivity contribution >= 4 is 18.0 Å². The van der Waals surface area contributed by atoms with Crippen LogP contribution in [0.25, 0.3) is 11.1 Å². The fourth-order valence-corrected chi connectivity index (χ4v) is 4.75. The van der Waals surface area contributed by atoms with Crippen LogP contribution in [0.5, 0.6) is 0 Å². The number of amides is 2. The highest BCUT2D eigenvalue weighted by molar-refractivity contribution is 5.83. The van der Waals surface area contributed by atoms with E-state index in [1.54, 1.807) is 18.7 Å². The molecule has 2 aliphatic rings. The summed E-state index contributed by atoms with van der Waals surface area (Å²) in [5, 5.41) is 11.7. The van der Waals surface area contributed by atoms with E-state index in [0.29, 0.717) is 26.2 Å². The summed E-state index contributed by atoms with van der Waals surface area (Å²) in [6.07, 6.45) is -0.547. The first kappa shape index (κ1) is 23.8. The van der Waals surface area contributed by atoms with Gasteiger partial charge in [-0.1, -0.05) is 48.5 Å². The maximum absolute atomic E-state index is 13.0. The number of nitrogens with one attached hydrogen (secondary N) is 1. The Morgan fingerprint density at radius 3 is 2.09 bits per heavy atom. The van der Waals surface area contributed by atoms with Gasteiger partial charge in [0.15, 0.2) is 0 Å². The lowest BCUT2D eigenvalue weighted by Gasteiger charge is -2.38. The highest BCUT2D eigenvalue weighted by Gasteiger charge is 2.35. The van der Waals surface area contributed by atoms with Crippen LogP contribution >= 0.6 is 0 Å². The second kappa shape index (κ2) is 9.85. The third-order valence-electron chi connectivity index (χ3n) is 6.62. The summed E-state index contributed by atoms with van der Waals surface area (Å²) in [7, 11) is 0. The Kier molecular flexibility index (Phi) is 6.88. The molecule has 1 saturated heterocycles. The molecule has 0 bridgehead atoms. The summed E-state index contributed by atoms with van der Waals surface area (Å²) >= 11 is 0. The molecular formula is C26H31N3O5. The van der Waals surface area contributed by atoms with Crippen molar-refractivity contribution in [3.63, 3.8) is 0 Å². The molecule has 8 heteroatoms. The molecule has 180 valence electrons. The van der Waals surface area contributed by atoms with Crippen LogP contribution in [0.4, 0.5) is 4.79 Å². The molecule has 2 amide bonds. The molecule has 34 heavy (non-hydrogen) atoms. The summed E-state index contributed by atoms with van der Waals surface area (Å²) in [6.45, 7) is 5.93. The second-order valence-electron chi connectivity index (χ2n) is 9.53. The van der Waals surface area contributed by atoms with Gasteiger partial charge in [-0.05, 0) is 36.1 Å².